The molecule has 0 aliphatic heterocycles. The predicted octanol–water partition coefficient (Wildman–Crippen LogP) is 3.02. The van der Waals surface area contributed by atoms with Crippen molar-refractivity contribution in [3.8, 4) is 0 Å². The number of aromatic nitrogens is 3. The van der Waals surface area contributed by atoms with Crippen LogP contribution in [0.2, 0.25) is 5.02 Å². The fourth-order valence-corrected chi connectivity index (χ4v) is 2.58. The Bertz CT molecular complexity index is 903. The molecule has 3 aromatic rings. The summed E-state index contributed by atoms with van der Waals surface area (Å²) in [4.78, 5) is 12.0. The van der Waals surface area contributed by atoms with E-state index in [0.717, 1.165) is 16.6 Å². The molecule has 6 nitrogen and oxygen atoms in total. The molecule has 0 fully saturated rings. The Morgan fingerprint density at radius 3 is 2.79 bits per heavy atom. The molecule has 7 heteroatoms. The smallest absolute Gasteiger partial charge is 0.241 e. The summed E-state index contributed by atoms with van der Waals surface area (Å²) in [6.07, 6.45) is 0.257. The lowest BCUT2D eigenvalue weighted by Gasteiger charge is -2.05. The second kappa shape index (κ2) is 7.23. The summed E-state index contributed by atoms with van der Waals surface area (Å²) in [5.74, 6) is -0.194. The van der Waals surface area contributed by atoms with Crippen LogP contribution >= 0.6 is 11.6 Å². The molecule has 0 radical (unpaired) electrons. The molecule has 3 rings (SSSR count). The van der Waals surface area contributed by atoms with Crippen LogP contribution in [0, 0.1) is 0 Å². The molecule has 1 heterocycles. The lowest BCUT2D eigenvalue weighted by molar-refractivity contribution is -0.121. The first-order chi connectivity index (χ1) is 11.6. The molecule has 0 unspecified atom stereocenters. The minimum absolute atomic E-state index is 0.194. The van der Waals surface area contributed by atoms with E-state index in [1.807, 2.05) is 42.5 Å². The van der Waals surface area contributed by atoms with Gasteiger partial charge in [0.1, 0.15) is 5.52 Å². The summed E-state index contributed by atoms with van der Waals surface area (Å²) < 4.78 is 1.71. The number of aryl methyl sites for hydroxylation is 1. The minimum Gasteiger partial charge on any atom is -0.273 e. The Labute approximate surface area is 144 Å². The number of para-hydroxylation sites is 1. The van der Waals surface area contributed by atoms with Gasteiger partial charge in [-0.1, -0.05) is 47.1 Å². The third-order valence-electron chi connectivity index (χ3n) is 3.58. The van der Waals surface area contributed by atoms with Crippen molar-refractivity contribution in [3.05, 3.63) is 59.1 Å². The third-order valence-corrected chi connectivity index (χ3v) is 3.91. The molecule has 1 N–H and O–H groups in total. The van der Waals surface area contributed by atoms with Gasteiger partial charge < -0.3 is 0 Å². The molecule has 0 aliphatic rings. The van der Waals surface area contributed by atoms with E-state index >= 15 is 0 Å². The molecule has 0 bridgehead atoms. The number of hydrogen-bond donors (Lipinski definition) is 1. The van der Waals surface area contributed by atoms with Crippen molar-refractivity contribution < 1.29 is 4.79 Å². The first-order valence-corrected chi connectivity index (χ1v) is 7.89. The van der Waals surface area contributed by atoms with E-state index in [2.05, 4.69) is 20.8 Å². The first-order valence-electron chi connectivity index (χ1n) is 7.51. The second-order valence-corrected chi connectivity index (χ2v) is 5.67. The highest BCUT2D eigenvalue weighted by atomic mass is 35.5. The summed E-state index contributed by atoms with van der Waals surface area (Å²) in [7, 11) is 0. The van der Waals surface area contributed by atoms with Gasteiger partial charge in [-0.05, 0) is 25.1 Å². The summed E-state index contributed by atoms with van der Waals surface area (Å²) in [5.41, 5.74) is 5.71. The number of hydrazone groups is 1. The van der Waals surface area contributed by atoms with Crippen LogP contribution < -0.4 is 5.43 Å². The van der Waals surface area contributed by atoms with Crippen LogP contribution in [0.4, 0.5) is 0 Å². The van der Waals surface area contributed by atoms with Crippen molar-refractivity contribution in [2.24, 2.45) is 5.10 Å². The molecular weight excluding hydrogens is 326 g/mol. The van der Waals surface area contributed by atoms with E-state index in [1.54, 1.807) is 17.7 Å². The van der Waals surface area contributed by atoms with Crippen LogP contribution in [0.25, 0.3) is 11.0 Å². The number of carbonyl (C=O) groups excluding carboxylic acids is 1. The van der Waals surface area contributed by atoms with Gasteiger partial charge in [-0.15, -0.1) is 5.10 Å². The Morgan fingerprint density at radius 1 is 1.21 bits per heavy atom. The molecular formula is C17H16ClN5O. The van der Waals surface area contributed by atoms with Crippen molar-refractivity contribution in [2.45, 2.75) is 19.9 Å². The summed E-state index contributed by atoms with van der Waals surface area (Å²) in [5, 5.41) is 12.8. The van der Waals surface area contributed by atoms with Gasteiger partial charge in [-0.25, -0.2) is 10.1 Å². The molecule has 24 heavy (non-hydrogen) atoms. The highest BCUT2D eigenvalue weighted by Crippen LogP contribution is 2.15. The van der Waals surface area contributed by atoms with Crippen LogP contribution in [0.15, 0.2) is 53.6 Å². The van der Waals surface area contributed by atoms with E-state index in [4.69, 9.17) is 11.6 Å². The van der Waals surface area contributed by atoms with Gasteiger partial charge in [0, 0.05) is 17.0 Å². The number of benzene rings is 2. The highest BCUT2D eigenvalue weighted by Gasteiger charge is 2.07. The monoisotopic (exact) mass is 341 g/mol. The zero-order valence-corrected chi connectivity index (χ0v) is 13.9. The highest BCUT2D eigenvalue weighted by molar-refractivity contribution is 6.34. The van der Waals surface area contributed by atoms with Gasteiger partial charge in [-0.2, -0.15) is 5.10 Å². The normalized spacial score (nSPS) is 11.7. The zero-order chi connectivity index (χ0) is 16.9. The first kappa shape index (κ1) is 16.1. The number of halogens is 1. The number of amides is 1. The molecule has 2 aromatic carbocycles. The quantitative estimate of drug-likeness (QED) is 0.572. The average Bonchev–Trinajstić information content (AvgIpc) is 3.01. The molecule has 0 saturated carbocycles. The average molecular weight is 342 g/mol. The van der Waals surface area contributed by atoms with Crippen molar-refractivity contribution >= 4 is 34.3 Å². The van der Waals surface area contributed by atoms with Gasteiger partial charge in [0.25, 0.3) is 0 Å². The molecule has 1 amide bonds. The van der Waals surface area contributed by atoms with Crippen molar-refractivity contribution in [2.75, 3.05) is 0 Å². The second-order valence-electron chi connectivity index (χ2n) is 5.26. The Hall–Kier alpha value is -2.73. The molecule has 0 aliphatic carbocycles. The maximum atomic E-state index is 12.0. The lowest BCUT2D eigenvalue weighted by Crippen LogP contribution is -2.21. The Kier molecular flexibility index (Phi) is 4.86. The number of carbonyl (C=O) groups is 1. The minimum atomic E-state index is -0.194. The molecule has 122 valence electrons. The molecule has 0 saturated heterocycles. The standard InChI is InChI=1S/C17H16ClN5O/c1-12(13-6-2-3-7-14(13)18)19-21-17(24)10-11-23-16-9-5-4-8-15(16)20-22-23/h2-9H,10-11H2,1H3,(H,21,24)/b19-12-. The van der Waals surface area contributed by atoms with Crippen LogP contribution in [-0.2, 0) is 11.3 Å². The largest absolute Gasteiger partial charge is 0.273 e. The van der Waals surface area contributed by atoms with Crippen molar-refractivity contribution in [1.29, 1.82) is 0 Å². The van der Waals surface area contributed by atoms with Gasteiger partial charge in [0.05, 0.1) is 17.8 Å². The van der Waals surface area contributed by atoms with Crippen molar-refractivity contribution in [3.63, 3.8) is 0 Å². The van der Waals surface area contributed by atoms with Gasteiger partial charge in [0.2, 0.25) is 5.91 Å². The number of nitrogens with zero attached hydrogens (tertiary/aromatic N) is 4. The van der Waals surface area contributed by atoms with Crippen molar-refractivity contribution in [1.82, 2.24) is 20.4 Å². The van der Waals surface area contributed by atoms with Gasteiger partial charge in [0.15, 0.2) is 0 Å². The van der Waals surface area contributed by atoms with Crippen LogP contribution in [-0.4, -0.2) is 26.6 Å². The predicted molar refractivity (Wildman–Crippen MR) is 94.0 cm³/mol. The summed E-state index contributed by atoms with van der Waals surface area (Å²) in [6.45, 7) is 2.24. The van der Waals surface area contributed by atoms with E-state index in [1.165, 1.54) is 0 Å². The van der Waals surface area contributed by atoms with E-state index in [9.17, 15) is 4.79 Å². The number of rotatable bonds is 5. The number of nitrogens with one attached hydrogen (secondary N) is 1. The van der Waals surface area contributed by atoms with Crippen LogP contribution in [0.1, 0.15) is 18.9 Å². The number of fused-ring (bicyclic) bond motifs is 1. The third kappa shape index (κ3) is 3.60. The fourth-order valence-electron chi connectivity index (χ4n) is 2.31. The lowest BCUT2D eigenvalue weighted by atomic mass is 10.1. The fraction of sp³-hybridized carbons (Fsp3) is 0.176. The summed E-state index contributed by atoms with van der Waals surface area (Å²) >= 11 is 6.11. The van der Waals surface area contributed by atoms with Crippen LogP contribution in [0.5, 0.6) is 0 Å². The van der Waals surface area contributed by atoms with E-state index in [0.29, 0.717) is 17.3 Å². The van der Waals surface area contributed by atoms with Gasteiger partial charge >= 0.3 is 0 Å². The van der Waals surface area contributed by atoms with E-state index in [-0.39, 0.29) is 12.3 Å². The maximum Gasteiger partial charge on any atom is 0.241 e. The number of hydrogen-bond acceptors (Lipinski definition) is 4. The molecule has 1 aromatic heterocycles. The van der Waals surface area contributed by atoms with Crippen LogP contribution in [0.3, 0.4) is 0 Å². The zero-order valence-electron chi connectivity index (χ0n) is 13.1. The van der Waals surface area contributed by atoms with E-state index < -0.39 is 0 Å². The Balaban J connectivity index is 1.60. The summed E-state index contributed by atoms with van der Waals surface area (Å²) in [6, 6.07) is 15.0. The molecule has 0 spiro atoms. The maximum absolute atomic E-state index is 12.0. The molecule has 0 atom stereocenters. The Morgan fingerprint density at radius 2 is 1.96 bits per heavy atom. The van der Waals surface area contributed by atoms with Gasteiger partial charge in [-0.3, -0.25) is 4.79 Å². The SMILES string of the molecule is C/C(=N/NC(=O)CCn1nnc2ccccc21)c1ccccc1Cl. The topological polar surface area (TPSA) is 72.2 Å².